The smallest absolute Gasteiger partial charge is 0.271 e. The van der Waals surface area contributed by atoms with E-state index in [1.807, 2.05) is 18.2 Å². The van der Waals surface area contributed by atoms with Crippen LogP contribution in [-0.2, 0) is 16.0 Å². The minimum Gasteiger partial charge on any atom is -0.493 e. The Bertz CT molecular complexity index is 958. The zero-order valence-electron chi connectivity index (χ0n) is 18.7. The molecule has 0 unspecified atom stereocenters. The molecule has 1 amide bonds. The number of ether oxygens (including phenoxy) is 4. The van der Waals surface area contributed by atoms with Crippen LogP contribution in [0.15, 0.2) is 35.1 Å². The predicted molar refractivity (Wildman–Crippen MR) is 117 cm³/mol. The van der Waals surface area contributed by atoms with E-state index in [1.54, 1.807) is 21.3 Å². The minimum absolute atomic E-state index is 0.0953. The molecule has 3 rings (SSSR count). The molecule has 0 bridgehead atoms. The van der Waals surface area contributed by atoms with Gasteiger partial charge in [0.05, 0.1) is 46.6 Å². The average molecular weight is 447 g/mol. The van der Waals surface area contributed by atoms with Gasteiger partial charge in [0.15, 0.2) is 11.5 Å². The molecule has 1 aliphatic heterocycles. The molecule has 0 radical (unpaired) electrons. The molecule has 1 saturated heterocycles. The van der Waals surface area contributed by atoms with E-state index in [1.165, 1.54) is 16.8 Å². The number of nitrogens with zero attached hydrogens (tertiary/aromatic N) is 3. The lowest BCUT2D eigenvalue weighted by molar-refractivity contribution is 0.0161. The van der Waals surface area contributed by atoms with Gasteiger partial charge < -0.3 is 24.3 Å². The monoisotopic (exact) mass is 446 g/mol. The van der Waals surface area contributed by atoms with E-state index in [0.717, 1.165) is 18.7 Å². The van der Waals surface area contributed by atoms with Gasteiger partial charge in [0.1, 0.15) is 5.69 Å². The number of morpholine rings is 1. The maximum absolute atomic E-state index is 12.8. The fourth-order valence-electron chi connectivity index (χ4n) is 3.59. The van der Waals surface area contributed by atoms with Crippen LogP contribution in [0.5, 0.6) is 11.5 Å². The molecule has 1 N–H and O–H groups in total. The van der Waals surface area contributed by atoms with Crippen LogP contribution in [0.25, 0.3) is 0 Å². The molecular weight excluding hydrogens is 416 g/mol. The number of rotatable bonds is 10. The van der Waals surface area contributed by atoms with E-state index >= 15 is 0 Å². The van der Waals surface area contributed by atoms with Gasteiger partial charge in [0.25, 0.3) is 11.5 Å². The number of amides is 1. The average Bonchev–Trinajstić information content (AvgIpc) is 2.84. The topological polar surface area (TPSA) is 104 Å². The van der Waals surface area contributed by atoms with E-state index in [2.05, 4.69) is 15.3 Å². The Hall–Kier alpha value is -2.95. The summed E-state index contributed by atoms with van der Waals surface area (Å²) in [7, 11) is 4.73. The van der Waals surface area contributed by atoms with Crippen LogP contribution < -0.4 is 20.3 Å². The Morgan fingerprint density at radius 1 is 1.12 bits per heavy atom. The number of aromatic nitrogens is 2. The van der Waals surface area contributed by atoms with Crippen LogP contribution in [0.1, 0.15) is 22.1 Å². The van der Waals surface area contributed by atoms with Crippen molar-refractivity contribution < 1.29 is 23.7 Å². The SMILES string of the molecule is COCCn1nc(C(=O)NC[C@@H](c2ccc(OC)c(OC)c2)N2CCOCC2)ccc1=O. The Morgan fingerprint density at radius 2 is 1.88 bits per heavy atom. The molecule has 1 atom stereocenters. The normalized spacial score (nSPS) is 15.2. The standard InChI is InChI=1S/C22H30N4O6/c1-29-11-10-26-21(27)7-5-17(24-26)22(28)23-15-18(25-8-12-32-13-9-25)16-4-6-19(30-2)20(14-16)31-3/h4-7,14,18H,8-13,15H2,1-3H3,(H,23,28)/t18-/m0/s1. The summed E-state index contributed by atoms with van der Waals surface area (Å²) in [4.78, 5) is 27.0. The highest BCUT2D eigenvalue weighted by atomic mass is 16.5. The van der Waals surface area contributed by atoms with Gasteiger partial charge in [-0.25, -0.2) is 4.68 Å². The maximum Gasteiger partial charge on any atom is 0.271 e. The summed E-state index contributed by atoms with van der Waals surface area (Å²) >= 11 is 0. The summed E-state index contributed by atoms with van der Waals surface area (Å²) in [6.07, 6.45) is 0. The Labute approximate surface area is 187 Å². The summed E-state index contributed by atoms with van der Waals surface area (Å²) in [5.74, 6) is 0.917. The lowest BCUT2D eigenvalue weighted by Gasteiger charge is -2.35. The van der Waals surface area contributed by atoms with Crippen molar-refractivity contribution in [1.82, 2.24) is 20.0 Å². The maximum atomic E-state index is 12.8. The van der Waals surface area contributed by atoms with Gasteiger partial charge in [-0.3, -0.25) is 14.5 Å². The lowest BCUT2D eigenvalue weighted by atomic mass is 10.0. The summed E-state index contributed by atoms with van der Waals surface area (Å²) in [6, 6.07) is 8.43. The first-order valence-electron chi connectivity index (χ1n) is 10.5. The quantitative estimate of drug-likeness (QED) is 0.569. The molecule has 0 spiro atoms. The van der Waals surface area contributed by atoms with E-state index < -0.39 is 0 Å². The van der Waals surface area contributed by atoms with Crippen molar-refractivity contribution in [3.8, 4) is 11.5 Å². The summed E-state index contributed by atoms with van der Waals surface area (Å²) in [6.45, 7) is 3.71. The number of hydrogen-bond acceptors (Lipinski definition) is 8. The molecule has 1 fully saturated rings. The van der Waals surface area contributed by atoms with Crippen LogP contribution in [-0.4, -0.2) is 81.4 Å². The van der Waals surface area contributed by atoms with Crippen LogP contribution in [0.2, 0.25) is 0 Å². The van der Waals surface area contributed by atoms with Gasteiger partial charge in [-0.15, -0.1) is 0 Å². The van der Waals surface area contributed by atoms with Crippen molar-refractivity contribution in [2.45, 2.75) is 12.6 Å². The molecule has 1 aromatic carbocycles. The molecule has 1 aliphatic rings. The first-order chi connectivity index (χ1) is 15.6. The van der Waals surface area contributed by atoms with Gasteiger partial charge in [0.2, 0.25) is 0 Å². The zero-order chi connectivity index (χ0) is 22.9. The highest BCUT2D eigenvalue weighted by Gasteiger charge is 2.25. The molecule has 32 heavy (non-hydrogen) atoms. The first-order valence-corrected chi connectivity index (χ1v) is 10.5. The molecular formula is C22H30N4O6. The van der Waals surface area contributed by atoms with Gasteiger partial charge in [-0.1, -0.05) is 6.07 Å². The lowest BCUT2D eigenvalue weighted by Crippen LogP contribution is -2.44. The Morgan fingerprint density at radius 3 is 2.56 bits per heavy atom. The van der Waals surface area contributed by atoms with E-state index in [0.29, 0.717) is 37.9 Å². The third-order valence-corrected chi connectivity index (χ3v) is 5.34. The Kier molecular flexibility index (Phi) is 8.60. The summed E-state index contributed by atoms with van der Waals surface area (Å²) < 4.78 is 22.5. The second-order valence-corrected chi connectivity index (χ2v) is 7.26. The number of carbonyl (C=O) groups is 1. The van der Waals surface area contributed by atoms with Crippen LogP contribution in [0.3, 0.4) is 0 Å². The van der Waals surface area contributed by atoms with E-state index in [9.17, 15) is 9.59 Å². The van der Waals surface area contributed by atoms with Crippen LogP contribution in [0.4, 0.5) is 0 Å². The van der Waals surface area contributed by atoms with Crippen molar-refractivity contribution in [2.24, 2.45) is 0 Å². The van der Waals surface area contributed by atoms with Crippen molar-refractivity contribution in [1.29, 1.82) is 0 Å². The molecule has 0 aliphatic carbocycles. The van der Waals surface area contributed by atoms with Gasteiger partial charge >= 0.3 is 0 Å². The largest absolute Gasteiger partial charge is 0.493 e. The molecule has 174 valence electrons. The highest BCUT2D eigenvalue weighted by Crippen LogP contribution is 2.32. The van der Waals surface area contributed by atoms with Crippen LogP contribution >= 0.6 is 0 Å². The number of hydrogen-bond donors (Lipinski definition) is 1. The second kappa shape index (κ2) is 11.6. The van der Waals surface area contributed by atoms with Crippen molar-refractivity contribution in [3.05, 3.63) is 51.9 Å². The number of benzene rings is 1. The van der Waals surface area contributed by atoms with Crippen molar-refractivity contribution in [3.63, 3.8) is 0 Å². The number of carbonyl (C=O) groups excluding carboxylic acids is 1. The van der Waals surface area contributed by atoms with Crippen molar-refractivity contribution in [2.75, 3.05) is 60.8 Å². The first kappa shape index (κ1) is 23.7. The summed E-state index contributed by atoms with van der Waals surface area (Å²) in [5.41, 5.74) is 0.881. The third-order valence-electron chi connectivity index (χ3n) is 5.34. The number of methoxy groups -OCH3 is 3. The molecule has 10 heteroatoms. The molecule has 0 saturated carbocycles. The Balaban J connectivity index is 1.78. The van der Waals surface area contributed by atoms with E-state index in [-0.39, 0.29) is 29.7 Å². The minimum atomic E-state index is -0.352. The predicted octanol–water partition coefficient (Wildman–Crippen LogP) is 0.710. The molecule has 10 nitrogen and oxygen atoms in total. The number of nitrogens with one attached hydrogen (secondary N) is 1. The fraction of sp³-hybridized carbons (Fsp3) is 0.500. The van der Waals surface area contributed by atoms with Gasteiger partial charge in [-0.2, -0.15) is 5.10 Å². The van der Waals surface area contributed by atoms with Crippen molar-refractivity contribution >= 4 is 5.91 Å². The van der Waals surface area contributed by atoms with Crippen LogP contribution in [0, 0.1) is 0 Å². The zero-order valence-corrected chi connectivity index (χ0v) is 18.7. The molecule has 2 heterocycles. The highest BCUT2D eigenvalue weighted by molar-refractivity contribution is 5.92. The van der Waals surface area contributed by atoms with E-state index in [4.69, 9.17) is 18.9 Å². The third kappa shape index (κ3) is 5.84. The fourth-order valence-corrected chi connectivity index (χ4v) is 3.59. The summed E-state index contributed by atoms with van der Waals surface area (Å²) in [5, 5.41) is 7.13. The molecule has 2 aromatic rings. The second-order valence-electron chi connectivity index (χ2n) is 7.26. The molecule has 1 aromatic heterocycles. The van der Waals surface area contributed by atoms with Gasteiger partial charge in [0, 0.05) is 32.8 Å². The van der Waals surface area contributed by atoms with Gasteiger partial charge in [-0.05, 0) is 23.8 Å².